The van der Waals surface area contributed by atoms with Crippen LogP contribution in [0.25, 0.3) is 0 Å². The van der Waals surface area contributed by atoms with E-state index in [0.717, 1.165) is 40.6 Å². The van der Waals surface area contributed by atoms with Gasteiger partial charge in [-0.15, -0.1) is 8.58 Å². The predicted molar refractivity (Wildman–Crippen MR) is 83.3 cm³/mol. The van der Waals surface area contributed by atoms with Crippen LogP contribution in [0.4, 0.5) is 13.2 Å². The van der Waals surface area contributed by atoms with Gasteiger partial charge in [-0.3, -0.25) is 4.90 Å². The van der Waals surface area contributed by atoms with Crippen molar-refractivity contribution in [3.05, 3.63) is 18.2 Å². The Morgan fingerprint density at radius 3 is 2.39 bits per heavy atom. The minimum Gasteiger partial charge on any atom is -0.483 e. The van der Waals surface area contributed by atoms with Crippen molar-refractivity contribution in [2.45, 2.75) is 32.0 Å². The molecule has 0 bridgehead atoms. The summed E-state index contributed by atoms with van der Waals surface area (Å²) in [6.45, 7) is 6.81. The van der Waals surface area contributed by atoms with E-state index >= 15 is 0 Å². The van der Waals surface area contributed by atoms with Crippen molar-refractivity contribution in [3.63, 3.8) is 0 Å². The average Bonchev–Trinajstić information content (AvgIpc) is 2.81. The molecule has 4 nitrogen and oxygen atoms in total. The Morgan fingerprint density at radius 1 is 1.26 bits per heavy atom. The van der Waals surface area contributed by atoms with Crippen LogP contribution in [0.2, 0.25) is 0 Å². The summed E-state index contributed by atoms with van der Waals surface area (Å²) in [4.78, 5) is 9.07. The first-order chi connectivity index (χ1) is 10.7. The lowest BCUT2D eigenvalue weighted by molar-refractivity contribution is -0.145. The maximum absolute atomic E-state index is 12.5. The fourth-order valence-corrected chi connectivity index (χ4v) is 4.87. The summed E-state index contributed by atoms with van der Waals surface area (Å²) >= 11 is 0. The molecule has 23 heavy (non-hydrogen) atoms. The molecule has 0 N–H and O–H groups in total. The van der Waals surface area contributed by atoms with Gasteiger partial charge in [0.25, 0.3) is 0 Å². The third-order valence-corrected chi connectivity index (χ3v) is 6.40. The third kappa shape index (κ3) is 3.94. The lowest BCUT2D eigenvalue weighted by Crippen LogP contribution is -2.44. The second-order valence-corrected chi connectivity index (χ2v) is 8.37. The summed E-state index contributed by atoms with van der Waals surface area (Å²) in [5.41, 5.74) is 0.0344. The SMILES string of the molecule is CC(C)(CN1CCC2(CPC2)C1)Oc1cnc(C(F)(F)F)nc1. The van der Waals surface area contributed by atoms with Gasteiger partial charge in [0.1, 0.15) is 5.60 Å². The highest BCUT2D eigenvalue weighted by Crippen LogP contribution is 2.49. The fourth-order valence-electron chi connectivity index (χ4n) is 3.33. The average molecular weight is 347 g/mol. The summed E-state index contributed by atoms with van der Waals surface area (Å²) in [6.07, 6.45) is 1.60. The van der Waals surface area contributed by atoms with Gasteiger partial charge < -0.3 is 4.74 Å². The van der Waals surface area contributed by atoms with Gasteiger partial charge in [-0.2, -0.15) is 13.2 Å². The quantitative estimate of drug-likeness (QED) is 0.785. The summed E-state index contributed by atoms with van der Waals surface area (Å²) in [5.74, 6) is -0.878. The molecule has 1 aromatic rings. The molecule has 128 valence electrons. The molecule has 0 atom stereocenters. The Kier molecular flexibility index (Phi) is 4.30. The molecule has 0 radical (unpaired) electrons. The summed E-state index contributed by atoms with van der Waals surface area (Å²) in [6, 6.07) is 0. The molecule has 3 rings (SSSR count). The molecule has 2 aliphatic heterocycles. The van der Waals surface area contributed by atoms with E-state index < -0.39 is 17.6 Å². The normalized spacial score (nSPS) is 26.7. The number of ether oxygens (including phenoxy) is 1. The van der Waals surface area contributed by atoms with Crippen molar-refractivity contribution in [3.8, 4) is 5.75 Å². The van der Waals surface area contributed by atoms with E-state index in [-0.39, 0.29) is 5.75 Å². The first-order valence-corrected chi connectivity index (χ1v) is 9.10. The molecular formula is C15H21F3N3OP. The predicted octanol–water partition coefficient (Wildman–Crippen LogP) is 3.04. The monoisotopic (exact) mass is 347 g/mol. The van der Waals surface area contributed by atoms with Gasteiger partial charge in [0, 0.05) is 13.1 Å². The second kappa shape index (κ2) is 5.85. The van der Waals surface area contributed by atoms with Gasteiger partial charge in [-0.1, -0.05) is 0 Å². The summed E-state index contributed by atoms with van der Waals surface area (Å²) in [7, 11) is 1.11. The van der Waals surface area contributed by atoms with Crippen LogP contribution in [0.5, 0.6) is 5.75 Å². The summed E-state index contributed by atoms with van der Waals surface area (Å²) < 4.78 is 43.2. The van der Waals surface area contributed by atoms with E-state index in [4.69, 9.17) is 4.74 Å². The van der Waals surface area contributed by atoms with Crippen LogP contribution in [-0.2, 0) is 6.18 Å². The highest BCUT2D eigenvalue weighted by atomic mass is 31.1. The van der Waals surface area contributed by atoms with Gasteiger partial charge in [0.05, 0.1) is 12.4 Å². The number of hydrogen-bond acceptors (Lipinski definition) is 4. The van der Waals surface area contributed by atoms with E-state index in [1.807, 2.05) is 13.8 Å². The molecule has 0 amide bonds. The van der Waals surface area contributed by atoms with Crippen LogP contribution in [0.1, 0.15) is 26.1 Å². The lowest BCUT2D eigenvalue weighted by Gasteiger charge is -2.39. The van der Waals surface area contributed by atoms with Crippen molar-refractivity contribution in [1.82, 2.24) is 14.9 Å². The molecule has 2 saturated heterocycles. The van der Waals surface area contributed by atoms with Gasteiger partial charge in [0.2, 0.25) is 5.82 Å². The number of aromatic nitrogens is 2. The molecule has 8 heteroatoms. The summed E-state index contributed by atoms with van der Waals surface area (Å²) in [5, 5.41) is 0. The fraction of sp³-hybridized carbons (Fsp3) is 0.733. The molecule has 1 aromatic heterocycles. The molecule has 0 saturated carbocycles. The lowest BCUT2D eigenvalue weighted by atomic mass is 9.91. The molecule has 0 aliphatic carbocycles. The van der Waals surface area contributed by atoms with Crippen molar-refractivity contribution < 1.29 is 17.9 Å². The molecule has 0 unspecified atom stereocenters. The molecule has 2 fully saturated rings. The minimum atomic E-state index is -4.53. The third-order valence-electron chi connectivity index (χ3n) is 4.40. The van der Waals surface area contributed by atoms with E-state index in [2.05, 4.69) is 14.9 Å². The van der Waals surface area contributed by atoms with Gasteiger partial charge >= 0.3 is 6.18 Å². The van der Waals surface area contributed by atoms with Crippen LogP contribution >= 0.6 is 8.58 Å². The number of rotatable bonds is 4. The van der Waals surface area contributed by atoms with Crippen LogP contribution in [0.15, 0.2) is 12.4 Å². The number of likely N-dealkylation sites (tertiary alicyclic amines) is 1. The Balaban J connectivity index is 1.57. The Labute approximate surface area is 135 Å². The standard InChI is InChI=1S/C15H21F3N3OP/c1-13(2,7-21-4-3-14(8-21)9-23-10-14)22-11-5-19-12(20-6-11)15(16,17)18/h5-6,23H,3-4,7-10H2,1-2H3. The van der Waals surface area contributed by atoms with Crippen molar-refractivity contribution >= 4 is 8.58 Å². The van der Waals surface area contributed by atoms with Crippen LogP contribution in [0, 0.1) is 5.41 Å². The zero-order valence-electron chi connectivity index (χ0n) is 13.3. The highest BCUT2D eigenvalue weighted by Gasteiger charge is 2.44. The largest absolute Gasteiger partial charge is 0.483 e. The van der Waals surface area contributed by atoms with E-state index in [9.17, 15) is 13.2 Å². The number of alkyl halides is 3. The number of hydrogen-bond donors (Lipinski definition) is 0. The minimum absolute atomic E-state index is 0.266. The zero-order valence-corrected chi connectivity index (χ0v) is 14.3. The molecule has 0 aromatic carbocycles. The van der Waals surface area contributed by atoms with E-state index in [0.29, 0.717) is 5.41 Å². The first kappa shape index (κ1) is 16.9. The molecule has 3 heterocycles. The van der Waals surface area contributed by atoms with Gasteiger partial charge in [-0.05, 0) is 44.6 Å². The zero-order chi connectivity index (χ0) is 16.7. The van der Waals surface area contributed by atoms with E-state index in [1.54, 1.807) is 0 Å². The Bertz CT molecular complexity index is 558. The van der Waals surface area contributed by atoms with E-state index in [1.165, 1.54) is 18.7 Å². The Hall–Kier alpha value is -0.940. The van der Waals surface area contributed by atoms with Crippen molar-refractivity contribution in [1.29, 1.82) is 0 Å². The highest BCUT2D eigenvalue weighted by molar-refractivity contribution is 7.40. The van der Waals surface area contributed by atoms with Crippen LogP contribution in [-0.4, -0.2) is 52.4 Å². The maximum atomic E-state index is 12.5. The maximum Gasteiger partial charge on any atom is 0.451 e. The molecular weight excluding hydrogens is 326 g/mol. The van der Waals surface area contributed by atoms with Crippen molar-refractivity contribution in [2.24, 2.45) is 5.41 Å². The van der Waals surface area contributed by atoms with Gasteiger partial charge in [-0.25, -0.2) is 9.97 Å². The topological polar surface area (TPSA) is 38.2 Å². The smallest absolute Gasteiger partial charge is 0.451 e. The molecule has 1 spiro atoms. The second-order valence-electron chi connectivity index (χ2n) is 7.17. The first-order valence-electron chi connectivity index (χ1n) is 7.69. The van der Waals surface area contributed by atoms with Crippen LogP contribution < -0.4 is 4.74 Å². The number of halogens is 3. The molecule has 2 aliphatic rings. The van der Waals surface area contributed by atoms with Gasteiger partial charge in [0.15, 0.2) is 5.75 Å². The van der Waals surface area contributed by atoms with Crippen molar-refractivity contribution in [2.75, 3.05) is 32.0 Å². The number of nitrogens with zero attached hydrogens (tertiary/aromatic N) is 3. The Morgan fingerprint density at radius 2 is 1.91 bits per heavy atom. The van der Waals surface area contributed by atoms with Crippen LogP contribution in [0.3, 0.4) is 0 Å².